The highest BCUT2D eigenvalue weighted by atomic mass is 16.6. The molecule has 0 spiro atoms. The molecule has 6 heteroatoms. The Bertz CT molecular complexity index is 693. The Morgan fingerprint density at radius 1 is 0.370 bits per heavy atom. The largest absolute Gasteiger partial charge is 0.466 e. The van der Waals surface area contributed by atoms with Crippen LogP contribution in [0, 0.1) is 0 Å². The number of unbranched alkanes of at least 4 members (excludes halogenated alkanes) is 20. The van der Waals surface area contributed by atoms with Crippen molar-refractivity contribution in [3.63, 3.8) is 0 Å². The third kappa shape index (κ3) is 29.8. The summed E-state index contributed by atoms with van der Waals surface area (Å²) >= 11 is 0. The smallest absolute Gasteiger partial charge is 0.306 e. The summed E-state index contributed by atoms with van der Waals surface area (Å²) in [6, 6.07) is 0. The number of hydrogen-bond acceptors (Lipinski definition) is 6. The lowest BCUT2D eigenvalue weighted by molar-refractivity contribution is -0.169. The Hall–Kier alpha value is -1.59. The van der Waals surface area contributed by atoms with Crippen LogP contribution < -0.4 is 0 Å². The fourth-order valence-corrected chi connectivity index (χ4v) is 5.90. The van der Waals surface area contributed by atoms with Gasteiger partial charge in [-0.15, -0.1) is 0 Å². The average molecular weight is 653 g/mol. The van der Waals surface area contributed by atoms with E-state index in [9.17, 15) is 14.4 Å². The van der Waals surface area contributed by atoms with E-state index in [1.54, 1.807) is 0 Å². The maximum Gasteiger partial charge on any atom is 0.306 e. The quantitative estimate of drug-likeness (QED) is 0.0385. The highest BCUT2D eigenvalue weighted by Crippen LogP contribution is 2.22. The molecule has 0 N–H and O–H groups in total. The summed E-state index contributed by atoms with van der Waals surface area (Å²) in [7, 11) is 0. The highest BCUT2D eigenvalue weighted by Gasteiger charge is 2.28. The predicted molar refractivity (Wildman–Crippen MR) is 192 cm³/mol. The third-order valence-corrected chi connectivity index (χ3v) is 8.92. The number of ether oxygens (including phenoxy) is 3. The van der Waals surface area contributed by atoms with E-state index in [1.807, 2.05) is 0 Å². The molecule has 0 bridgehead atoms. The van der Waals surface area contributed by atoms with Gasteiger partial charge >= 0.3 is 17.9 Å². The molecule has 0 rings (SSSR count). The second-order valence-corrected chi connectivity index (χ2v) is 13.5. The fourth-order valence-electron chi connectivity index (χ4n) is 5.90. The van der Waals surface area contributed by atoms with Gasteiger partial charge in [-0.1, -0.05) is 150 Å². The summed E-state index contributed by atoms with van der Waals surface area (Å²) in [5.41, 5.74) is 0. The van der Waals surface area contributed by atoms with Crippen LogP contribution in [0.15, 0.2) is 0 Å². The Morgan fingerprint density at radius 2 is 0.674 bits per heavy atom. The van der Waals surface area contributed by atoms with Crippen LogP contribution in [0.2, 0.25) is 0 Å². The van der Waals surface area contributed by atoms with Gasteiger partial charge in [0.15, 0.2) is 0 Å². The first-order chi connectivity index (χ1) is 22.5. The second-order valence-electron chi connectivity index (χ2n) is 13.5. The lowest BCUT2D eigenvalue weighted by Crippen LogP contribution is -2.35. The van der Waals surface area contributed by atoms with Crippen LogP contribution >= 0.6 is 0 Å². The molecule has 0 aliphatic carbocycles. The molecular formula is C40H76O6. The third-order valence-electron chi connectivity index (χ3n) is 8.92. The Labute approximate surface area is 285 Å². The van der Waals surface area contributed by atoms with E-state index in [2.05, 4.69) is 27.7 Å². The molecule has 2 unspecified atom stereocenters. The molecule has 0 saturated carbocycles. The average Bonchev–Trinajstić information content (AvgIpc) is 3.04. The van der Waals surface area contributed by atoms with Crippen molar-refractivity contribution in [2.75, 3.05) is 6.61 Å². The van der Waals surface area contributed by atoms with Gasteiger partial charge < -0.3 is 14.2 Å². The number of rotatable bonds is 35. The molecule has 2 atom stereocenters. The standard InChI is InChI=1S/C40H76O6/c1-5-9-13-15-17-18-23-29-35-44-38(41)32-28-22-19-21-27-31-37(46-40(43)34-25-12-8-4)36(30-26-20-16-14-10-6-2)45-39(42)33-24-11-7-3/h36-37H,5-35H2,1-4H3. The maximum atomic E-state index is 12.8. The molecular weight excluding hydrogens is 576 g/mol. The van der Waals surface area contributed by atoms with Gasteiger partial charge in [-0.05, 0) is 51.4 Å². The summed E-state index contributed by atoms with van der Waals surface area (Å²) in [5, 5.41) is 0. The molecule has 0 aliphatic heterocycles. The molecule has 0 amide bonds. The monoisotopic (exact) mass is 653 g/mol. The molecule has 0 aromatic rings. The minimum atomic E-state index is -0.383. The summed E-state index contributed by atoms with van der Waals surface area (Å²) < 4.78 is 17.5. The molecule has 272 valence electrons. The molecule has 0 aliphatic rings. The Morgan fingerprint density at radius 3 is 1.11 bits per heavy atom. The Kier molecular flexibility index (Phi) is 33.5. The number of carbonyl (C=O) groups is 3. The van der Waals surface area contributed by atoms with Gasteiger partial charge in [0.1, 0.15) is 12.2 Å². The summed E-state index contributed by atoms with van der Waals surface area (Å²) in [6.07, 6.45) is 29.6. The normalized spacial score (nSPS) is 12.5. The first kappa shape index (κ1) is 44.4. The van der Waals surface area contributed by atoms with E-state index in [0.29, 0.717) is 32.3 Å². The summed E-state index contributed by atoms with van der Waals surface area (Å²) in [4.78, 5) is 37.7. The van der Waals surface area contributed by atoms with E-state index < -0.39 is 0 Å². The van der Waals surface area contributed by atoms with Gasteiger partial charge in [-0.3, -0.25) is 14.4 Å². The van der Waals surface area contributed by atoms with Crippen molar-refractivity contribution in [1.29, 1.82) is 0 Å². The van der Waals surface area contributed by atoms with E-state index >= 15 is 0 Å². The summed E-state index contributed by atoms with van der Waals surface area (Å²) in [5.74, 6) is -0.402. The van der Waals surface area contributed by atoms with Crippen molar-refractivity contribution in [3.8, 4) is 0 Å². The molecule has 0 radical (unpaired) electrons. The van der Waals surface area contributed by atoms with Gasteiger partial charge in [0.05, 0.1) is 6.61 Å². The van der Waals surface area contributed by atoms with Crippen molar-refractivity contribution in [2.24, 2.45) is 0 Å². The van der Waals surface area contributed by atoms with Crippen LogP contribution in [0.5, 0.6) is 0 Å². The second kappa shape index (κ2) is 34.7. The zero-order chi connectivity index (χ0) is 33.9. The van der Waals surface area contributed by atoms with Crippen LogP contribution in [0.4, 0.5) is 0 Å². The minimum absolute atomic E-state index is 0.0729. The van der Waals surface area contributed by atoms with Crippen molar-refractivity contribution < 1.29 is 28.6 Å². The van der Waals surface area contributed by atoms with Crippen LogP contribution in [-0.4, -0.2) is 36.7 Å². The zero-order valence-electron chi connectivity index (χ0n) is 31.0. The molecule has 0 saturated heterocycles. The van der Waals surface area contributed by atoms with Crippen LogP contribution in [-0.2, 0) is 28.6 Å². The lowest BCUT2D eigenvalue weighted by atomic mass is 9.99. The number of hydrogen-bond donors (Lipinski definition) is 0. The minimum Gasteiger partial charge on any atom is -0.466 e. The van der Waals surface area contributed by atoms with Crippen LogP contribution in [0.1, 0.15) is 220 Å². The zero-order valence-corrected chi connectivity index (χ0v) is 31.0. The fraction of sp³-hybridized carbons (Fsp3) is 0.925. The van der Waals surface area contributed by atoms with Gasteiger partial charge in [-0.25, -0.2) is 0 Å². The van der Waals surface area contributed by atoms with Crippen LogP contribution in [0.25, 0.3) is 0 Å². The molecule has 0 heterocycles. The molecule has 46 heavy (non-hydrogen) atoms. The molecule has 0 aromatic carbocycles. The maximum absolute atomic E-state index is 12.8. The topological polar surface area (TPSA) is 78.9 Å². The van der Waals surface area contributed by atoms with Crippen molar-refractivity contribution >= 4 is 17.9 Å². The van der Waals surface area contributed by atoms with E-state index in [4.69, 9.17) is 14.2 Å². The first-order valence-corrected chi connectivity index (χ1v) is 20.0. The van der Waals surface area contributed by atoms with E-state index in [1.165, 1.54) is 64.2 Å². The van der Waals surface area contributed by atoms with E-state index in [-0.39, 0.29) is 30.1 Å². The van der Waals surface area contributed by atoms with E-state index in [0.717, 1.165) is 103 Å². The van der Waals surface area contributed by atoms with Crippen LogP contribution in [0.3, 0.4) is 0 Å². The molecule has 0 aromatic heterocycles. The highest BCUT2D eigenvalue weighted by molar-refractivity contribution is 5.70. The van der Waals surface area contributed by atoms with Crippen molar-refractivity contribution in [1.82, 2.24) is 0 Å². The van der Waals surface area contributed by atoms with Crippen molar-refractivity contribution in [2.45, 2.75) is 233 Å². The Balaban J connectivity index is 4.66. The summed E-state index contributed by atoms with van der Waals surface area (Å²) in [6.45, 7) is 9.27. The van der Waals surface area contributed by atoms with Gasteiger partial charge in [-0.2, -0.15) is 0 Å². The van der Waals surface area contributed by atoms with Crippen molar-refractivity contribution in [3.05, 3.63) is 0 Å². The SMILES string of the molecule is CCCCCCCCCCOC(=O)CCCCCCCC(OC(=O)CCCCC)C(CCCCCCCC)OC(=O)CCCCC. The molecule has 6 nitrogen and oxygen atoms in total. The van der Waals surface area contributed by atoms with Gasteiger partial charge in [0, 0.05) is 19.3 Å². The lowest BCUT2D eigenvalue weighted by Gasteiger charge is -2.27. The molecule has 0 fully saturated rings. The predicted octanol–water partition coefficient (Wildman–Crippen LogP) is 12.1. The first-order valence-electron chi connectivity index (χ1n) is 20.0. The van der Waals surface area contributed by atoms with Gasteiger partial charge in [0.2, 0.25) is 0 Å². The number of esters is 3. The van der Waals surface area contributed by atoms with Gasteiger partial charge in [0.25, 0.3) is 0 Å². The number of carbonyl (C=O) groups excluding carboxylic acids is 3.